The van der Waals surface area contributed by atoms with E-state index in [1.165, 1.54) is 4.90 Å². The van der Waals surface area contributed by atoms with E-state index in [0.29, 0.717) is 10.9 Å². The van der Waals surface area contributed by atoms with E-state index in [-0.39, 0.29) is 17.9 Å². The van der Waals surface area contributed by atoms with E-state index in [1.54, 1.807) is 12.1 Å². The van der Waals surface area contributed by atoms with Crippen LogP contribution in [0.2, 0.25) is 0 Å². The molecule has 0 unspecified atom stereocenters. The van der Waals surface area contributed by atoms with Gasteiger partial charge >= 0.3 is 0 Å². The van der Waals surface area contributed by atoms with Crippen molar-refractivity contribution in [1.82, 2.24) is 4.90 Å². The molecule has 20 heavy (non-hydrogen) atoms. The largest absolute Gasteiger partial charge is 0.332 e. The Bertz CT molecular complexity index is 457. The lowest BCUT2D eigenvalue weighted by Gasteiger charge is -2.26. The summed E-state index contributed by atoms with van der Waals surface area (Å²) in [5.74, 6) is -0.338. The van der Waals surface area contributed by atoms with Crippen molar-refractivity contribution in [3.8, 4) is 0 Å². The molecule has 0 saturated carbocycles. The van der Waals surface area contributed by atoms with Crippen molar-refractivity contribution in [3.63, 3.8) is 0 Å². The van der Waals surface area contributed by atoms with Crippen LogP contribution in [0.3, 0.4) is 0 Å². The summed E-state index contributed by atoms with van der Waals surface area (Å²) in [6, 6.07) is 7.20. The van der Waals surface area contributed by atoms with Gasteiger partial charge in [0.2, 0.25) is 0 Å². The maximum absolute atomic E-state index is 12.6. The molecular weight excluding hydrogens is 328 g/mol. The molecule has 1 rings (SSSR count). The second-order valence-electron chi connectivity index (χ2n) is 5.63. The fraction of sp³-hybridized carbons (Fsp3) is 0.533. The van der Waals surface area contributed by atoms with Gasteiger partial charge in [-0.3, -0.25) is 4.79 Å². The predicted molar refractivity (Wildman–Crippen MR) is 80.8 cm³/mol. The monoisotopic (exact) mass is 347 g/mol. The number of carbonyl (C=O) groups excluding carboxylic acids is 1. The molecule has 0 spiro atoms. The molecule has 2 nitrogen and oxygen atoms in total. The molecule has 0 atom stereocenters. The molecule has 0 heterocycles. The molecule has 112 valence electrons. The van der Waals surface area contributed by atoms with Crippen LogP contribution in [0.5, 0.6) is 0 Å². The molecule has 0 aromatic heterocycles. The Morgan fingerprint density at radius 2 is 1.90 bits per heavy atom. The number of hydrogen-bond acceptors (Lipinski definition) is 1. The van der Waals surface area contributed by atoms with Gasteiger partial charge in [0.25, 0.3) is 12.3 Å². The van der Waals surface area contributed by atoms with Crippen molar-refractivity contribution in [2.75, 3.05) is 18.4 Å². The van der Waals surface area contributed by atoms with Gasteiger partial charge in [-0.2, -0.15) is 0 Å². The Morgan fingerprint density at radius 1 is 1.30 bits per heavy atom. The minimum absolute atomic E-state index is 0.211. The first-order chi connectivity index (χ1) is 9.27. The molecular formula is C15H20BrF2NO. The van der Waals surface area contributed by atoms with Crippen LogP contribution in [0.1, 0.15) is 36.7 Å². The molecule has 1 aromatic carbocycles. The molecule has 0 fully saturated rings. The van der Waals surface area contributed by atoms with E-state index in [4.69, 9.17) is 0 Å². The summed E-state index contributed by atoms with van der Waals surface area (Å²) in [6.45, 7) is 5.73. The molecule has 0 aliphatic heterocycles. The Kier molecular flexibility index (Phi) is 6.11. The third-order valence-corrected chi connectivity index (χ3v) is 3.32. The van der Waals surface area contributed by atoms with Gasteiger partial charge in [-0.1, -0.05) is 54.9 Å². The topological polar surface area (TPSA) is 20.3 Å². The Morgan fingerprint density at radius 3 is 2.40 bits per heavy atom. The standard InChI is InChI=1S/C15H20BrF2NO/c1-15(2,3)12-7-5-4-6-11(12)14(20)19(9-8-16)10-13(17)18/h4-7,13H,8-10H2,1-3H3. The summed E-state index contributed by atoms with van der Waals surface area (Å²) in [5, 5.41) is 0.475. The summed E-state index contributed by atoms with van der Waals surface area (Å²) >= 11 is 3.20. The van der Waals surface area contributed by atoms with Crippen LogP contribution in [0, 0.1) is 0 Å². The summed E-state index contributed by atoms with van der Waals surface area (Å²) < 4.78 is 25.2. The zero-order valence-electron chi connectivity index (χ0n) is 12.0. The lowest BCUT2D eigenvalue weighted by Crippen LogP contribution is -2.37. The predicted octanol–water partition coefficient (Wildman–Crippen LogP) is 4.09. The number of hydrogen-bond donors (Lipinski definition) is 0. The maximum Gasteiger partial charge on any atom is 0.255 e. The lowest BCUT2D eigenvalue weighted by atomic mass is 9.83. The number of amides is 1. The number of rotatable bonds is 5. The van der Waals surface area contributed by atoms with Crippen LogP contribution in [0.15, 0.2) is 24.3 Å². The van der Waals surface area contributed by atoms with Gasteiger partial charge in [0.15, 0.2) is 0 Å². The highest BCUT2D eigenvalue weighted by Gasteiger charge is 2.25. The van der Waals surface area contributed by atoms with E-state index in [2.05, 4.69) is 15.9 Å². The fourth-order valence-electron chi connectivity index (χ4n) is 2.04. The Balaban J connectivity index is 3.12. The third-order valence-electron chi connectivity index (χ3n) is 2.97. The molecule has 1 aromatic rings. The number of benzene rings is 1. The van der Waals surface area contributed by atoms with Crippen molar-refractivity contribution in [2.45, 2.75) is 32.6 Å². The van der Waals surface area contributed by atoms with Crippen LogP contribution in [0.25, 0.3) is 0 Å². The van der Waals surface area contributed by atoms with E-state index < -0.39 is 13.0 Å². The lowest BCUT2D eigenvalue weighted by molar-refractivity contribution is 0.0570. The van der Waals surface area contributed by atoms with Crippen molar-refractivity contribution in [3.05, 3.63) is 35.4 Å². The van der Waals surface area contributed by atoms with Crippen LogP contribution in [-0.2, 0) is 5.41 Å². The third kappa shape index (κ3) is 4.54. The van der Waals surface area contributed by atoms with Gasteiger partial charge in [-0.15, -0.1) is 0 Å². The minimum atomic E-state index is -2.53. The minimum Gasteiger partial charge on any atom is -0.332 e. The van der Waals surface area contributed by atoms with Gasteiger partial charge in [0.05, 0.1) is 6.54 Å². The average molecular weight is 348 g/mol. The highest BCUT2D eigenvalue weighted by molar-refractivity contribution is 9.09. The normalized spacial score (nSPS) is 11.8. The van der Waals surface area contributed by atoms with Crippen molar-refractivity contribution >= 4 is 21.8 Å². The molecule has 0 saturated heterocycles. The quantitative estimate of drug-likeness (QED) is 0.734. The second-order valence-corrected chi connectivity index (χ2v) is 6.42. The van der Waals surface area contributed by atoms with E-state index in [0.717, 1.165) is 5.56 Å². The summed E-state index contributed by atoms with van der Waals surface area (Å²) in [4.78, 5) is 13.7. The van der Waals surface area contributed by atoms with Crippen LogP contribution in [0.4, 0.5) is 8.78 Å². The summed E-state index contributed by atoms with van der Waals surface area (Å²) in [7, 11) is 0. The molecule has 0 bridgehead atoms. The van der Waals surface area contributed by atoms with Gasteiger partial charge < -0.3 is 4.90 Å². The first-order valence-electron chi connectivity index (χ1n) is 6.50. The molecule has 0 aliphatic carbocycles. The Hall–Kier alpha value is -0.970. The van der Waals surface area contributed by atoms with Gasteiger partial charge in [-0.05, 0) is 17.0 Å². The zero-order chi connectivity index (χ0) is 15.3. The summed E-state index contributed by atoms with van der Waals surface area (Å²) in [5.41, 5.74) is 1.16. The number of alkyl halides is 3. The molecule has 0 radical (unpaired) electrons. The van der Waals surface area contributed by atoms with E-state index >= 15 is 0 Å². The second kappa shape index (κ2) is 7.16. The van der Waals surface area contributed by atoms with Crippen LogP contribution in [-0.4, -0.2) is 35.7 Å². The fourth-order valence-corrected chi connectivity index (χ4v) is 2.47. The molecule has 5 heteroatoms. The van der Waals surface area contributed by atoms with E-state index in [1.807, 2.05) is 32.9 Å². The van der Waals surface area contributed by atoms with Crippen molar-refractivity contribution in [2.24, 2.45) is 0 Å². The number of halogens is 3. The van der Waals surface area contributed by atoms with Crippen molar-refractivity contribution in [1.29, 1.82) is 0 Å². The van der Waals surface area contributed by atoms with Crippen molar-refractivity contribution < 1.29 is 13.6 Å². The number of carbonyl (C=O) groups is 1. The maximum atomic E-state index is 12.6. The number of nitrogens with zero attached hydrogens (tertiary/aromatic N) is 1. The molecule has 0 aliphatic rings. The van der Waals surface area contributed by atoms with Gasteiger partial charge in [0, 0.05) is 17.4 Å². The highest BCUT2D eigenvalue weighted by atomic mass is 79.9. The average Bonchev–Trinajstić information content (AvgIpc) is 2.36. The van der Waals surface area contributed by atoms with Gasteiger partial charge in [0.1, 0.15) is 0 Å². The zero-order valence-corrected chi connectivity index (χ0v) is 13.6. The SMILES string of the molecule is CC(C)(C)c1ccccc1C(=O)N(CCBr)CC(F)F. The van der Waals surface area contributed by atoms with Crippen LogP contribution >= 0.6 is 15.9 Å². The molecule has 1 amide bonds. The highest BCUT2D eigenvalue weighted by Crippen LogP contribution is 2.26. The van der Waals surface area contributed by atoms with Gasteiger partial charge in [-0.25, -0.2) is 8.78 Å². The summed E-state index contributed by atoms with van der Waals surface area (Å²) in [6.07, 6.45) is -2.53. The van der Waals surface area contributed by atoms with Crippen LogP contribution < -0.4 is 0 Å². The first-order valence-corrected chi connectivity index (χ1v) is 7.62. The molecule has 0 N–H and O–H groups in total. The Labute approximate surface area is 127 Å². The smallest absolute Gasteiger partial charge is 0.255 e. The van der Waals surface area contributed by atoms with E-state index in [9.17, 15) is 13.6 Å². The first kappa shape index (κ1) is 17.1.